The van der Waals surface area contributed by atoms with Crippen LogP contribution in [0.25, 0.3) is 22.4 Å². The van der Waals surface area contributed by atoms with Crippen molar-refractivity contribution >= 4 is 16.7 Å². The van der Waals surface area contributed by atoms with E-state index in [0.29, 0.717) is 0 Å². The summed E-state index contributed by atoms with van der Waals surface area (Å²) in [6.45, 7) is 2.05. The molecular formula is C16H17N3O. The number of rotatable bonds is 2. The van der Waals surface area contributed by atoms with Crippen molar-refractivity contribution in [1.82, 2.24) is 9.55 Å². The van der Waals surface area contributed by atoms with E-state index in [1.54, 1.807) is 7.11 Å². The lowest BCUT2D eigenvalue weighted by Crippen LogP contribution is -1.98. The van der Waals surface area contributed by atoms with Gasteiger partial charge >= 0.3 is 0 Å². The molecule has 3 rings (SSSR count). The molecular weight excluding hydrogens is 250 g/mol. The van der Waals surface area contributed by atoms with Gasteiger partial charge in [0, 0.05) is 24.4 Å². The summed E-state index contributed by atoms with van der Waals surface area (Å²) in [5.41, 5.74) is 10.9. The maximum absolute atomic E-state index is 6.12. The first-order valence-corrected chi connectivity index (χ1v) is 6.47. The van der Waals surface area contributed by atoms with Crippen molar-refractivity contribution < 1.29 is 4.74 Å². The summed E-state index contributed by atoms with van der Waals surface area (Å²) in [5, 5.41) is 0. The number of hydrogen-bond acceptors (Lipinski definition) is 3. The molecule has 0 saturated heterocycles. The van der Waals surface area contributed by atoms with Crippen LogP contribution < -0.4 is 10.5 Å². The van der Waals surface area contributed by atoms with Crippen molar-refractivity contribution in [2.24, 2.45) is 7.05 Å². The Morgan fingerprint density at radius 2 is 2.00 bits per heavy atom. The molecule has 0 aliphatic rings. The van der Waals surface area contributed by atoms with Crippen LogP contribution in [0.15, 0.2) is 36.4 Å². The summed E-state index contributed by atoms with van der Waals surface area (Å²) in [7, 11) is 3.66. The number of anilines is 1. The summed E-state index contributed by atoms with van der Waals surface area (Å²) >= 11 is 0. The van der Waals surface area contributed by atoms with Gasteiger partial charge in [-0.05, 0) is 30.7 Å². The van der Waals surface area contributed by atoms with Crippen LogP contribution in [0.5, 0.6) is 5.75 Å². The number of methoxy groups -OCH3 is 1. The molecule has 0 saturated carbocycles. The van der Waals surface area contributed by atoms with Crippen LogP contribution in [0.4, 0.5) is 5.69 Å². The molecule has 2 aromatic carbocycles. The van der Waals surface area contributed by atoms with E-state index in [1.807, 2.05) is 50.4 Å². The molecule has 1 heterocycles. The Labute approximate surface area is 117 Å². The van der Waals surface area contributed by atoms with Crippen molar-refractivity contribution in [1.29, 1.82) is 0 Å². The van der Waals surface area contributed by atoms with E-state index in [1.165, 1.54) is 0 Å². The summed E-state index contributed by atoms with van der Waals surface area (Å²) < 4.78 is 7.31. The van der Waals surface area contributed by atoms with Crippen LogP contribution in [0.1, 0.15) is 5.56 Å². The van der Waals surface area contributed by atoms with Crippen LogP contribution in [0.3, 0.4) is 0 Å². The number of nitrogen functional groups attached to an aromatic ring is 1. The van der Waals surface area contributed by atoms with Crippen LogP contribution in [-0.4, -0.2) is 16.7 Å². The first kappa shape index (κ1) is 12.5. The van der Waals surface area contributed by atoms with Gasteiger partial charge < -0.3 is 15.0 Å². The van der Waals surface area contributed by atoms with Gasteiger partial charge in [-0.2, -0.15) is 0 Å². The van der Waals surface area contributed by atoms with Crippen LogP contribution >= 0.6 is 0 Å². The lowest BCUT2D eigenvalue weighted by Gasteiger charge is -2.09. The van der Waals surface area contributed by atoms with Crippen molar-refractivity contribution in [2.75, 3.05) is 12.8 Å². The number of nitrogens with two attached hydrogens (primary N) is 1. The van der Waals surface area contributed by atoms with E-state index in [-0.39, 0.29) is 0 Å². The SMILES string of the molecule is COc1ccc2c(c1)nc(-c1c(C)cccc1N)n2C. The Hall–Kier alpha value is -2.49. The van der Waals surface area contributed by atoms with E-state index in [2.05, 4.69) is 4.57 Å². The number of fused-ring (bicyclic) bond motifs is 1. The van der Waals surface area contributed by atoms with Gasteiger partial charge in [-0.25, -0.2) is 4.98 Å². The Balaban J connectivity index is 2.29. The number of aryl methyl sites for hydroxylation is 2. The molecule has 102 valence electrons. The Kier molecular flexibility index (Phi) is 2.86. The van der Waals surface area contributed by atoms with Gasteiger partial charge in [0.15, 0.2) is 0 Å². The Morgan fingerprint density at radius 3 is 2.70 bits per heavy atom. The maximum Gasteiger partial charge on any atom is 0.143 e. The fraction of sp³-hybridized carbons (Fsp3) is 0.188. The minimum Gasteiger partial charge on any atom is -0.497 e. The fourth-order valence-electron chi connectivity index (χ4n) is 2.53. The average Bonchev–Trinajstić information content (AvgIpc) is 2.75. The number of aromatic nitrogens is 2. The standard InChI is InChI=1S/C16H17N3O/c1-10-5-4-6-12(17)15(10)16-18-13-9-11(20-3)7-8-14(13)19(16)2/h4-9H,17H2,1-3H3. The molecule has 4 heteroatoms. The van der Waals surface area contributed by atoms with Crippen LogP contribution in [-0.2, 0) is 7.05 Å². The molecule has 2 N–H and O–H groups in total. The summed E-state index contributed by atoms with van der Waals surface area (Å²) in [6, 6.07) is 11.8. The normalized spacial score (nSPS) is 10.9. The molecule has 0 amide bonds. The van der Waals surface area contributed by atoms with Gasteiger partial charge in [0.25, 0.3) is 0 Å². The van der Waals surface area contributed by atoms with Crippen molar-refractivity contribution in [3.8, 4) is 17.1 Å². The number of imidazole rings is 1. The first-order valence-electron chi connectivity index (χ1n) is 6.47. The van der Waals surface area contributed by atoms with Crippen LogP contribution in [0, 0.1) is 6.92 Å². The molecule has 1 aromatic heterocycles. The topological polar surface area (TPSA) is 53.1 Å². The number of nitrogens with zero attached hydrogens (tertiary/aromatic N) is 2. The van der Waals surface area contributed by atoms with Gasteiger partial charge in [0.1, 0.15) is 11.6 Å². The van der Waals surface area contributed by atoms with Crippen LogP contribution in [0.2, 0.25) is 0 Å². The van der Waals surface area contributed by atoms with E-state index in [0.717, 1.165) is 39.4 Å². The molecule has 4 nitrogen and oxygen atoms in total. The number of hydrogen-bond donors (Lipinski definition) is 1. The highest BCUT2D eigenvalue weighted by Gasteiger charge is 2.14. The average molecular weight is 267 g/mol. The summed E-state index contributed by atoms with van der Waals surface area (Å²) in [5.74, 6) is 1.68. The largest absolute Gasteiger partial charge is 0.497 e. The van der Waals surface area contributed by atoms with Gasteiger partial charge in [-0.15, -0.1) is 0 Å². The Bertz CT molecular complexity index is 770. The first-order chi connectivity index (χ1) is 9.61. The Morgan fingerprint density at radius 1 is 1.20 bits per heavy atom. The molecule has 0 radical (unpaired) electrons. The molecule has 0 aliphatic heterocycles. The van der Waals surface area contributed by atoms with Gasteiger partial charge in [0.2, 0.25) is 0 Å². The number of ether oxygens (including phenoxy) is 1. The third-order valence-electron chi connectivity index (χ3n) is 3.62. The molecule has 0 bridgehead atoms. The predicted molar refractivity (Wildman–Crippen MR) is 81.9 cm³/mol. The second kappa shape index (κ2) is 4.56. The zero-order chi connectivity index (χ0) is 14.3. The quantitative estimate of drug-likeness (QED) is 0.726. The maximum atomic E-state index is 6.12. The minimum absolute atomic E-state index is 0.746. The van der Waals surface area contributed by atoms with E-state index in [9.17, 15) is 0 Å². The van der Waals surface area contributed by atoms with Gasteiger partial charge in [-0.1, -0.05) is 12.1 Å². The minimum atomic E-state index is 0.746. The molecule has 0 fully saturated rings. The van der Waals surface area contributed by atoms with Gasteiger partial charge in [0.05, 0.1) is 18.1 Å². The molecule has 0 aliphatic carbocycles. The zero-order valence-electron chi connectivity index (χ0n) is 11.8. The summed E-state index contributed by atoms with van der Waals surface area (Å²) in [6.07, 6.45) is 0. The second-order valence-corrected chi connectivity index (χ2v) is 4.89. The third-order valence-corrected chi connectivity index (χ3v) is 3.62. The molecule has 0 unspecified atom stereocenters. The van der Waals surface area contributed by atoms with Gasteiger partial charge in [-0.3, -0.25) is 0 Å². The molecule has 0 atom stereocenters. The lowest BCUT2D eigenvalue weighted by molar-refractivity contribution is 0.415. The predicted octanol–water partition coefficient (Wildman–Crippen LogP) is 3.14. The molecule has 3 aromatic rings. The van der Waals surface area contributed by atoms with Crippen molar-refractivity contribution in [3.05, 3.63) is 42.0 Å². The number of benzene rings is 2. The summed E-state index contributed by atoms with van der Waals surface area (Å²) in [4.78, 5) is 4.72. The lowest BCUT2D eigenvalue weighted by atomic mass is 10.1. The van der Waals surface area contributed by atoms with E-state index < -0.39 is 0 Å². The smallest absolute Gasteiger partial charge is 0.143 e. The van der Waals surface area contributed by atoms with E-state index >= 15 is 0 Å². The van der Waals surface area contributed by atoms with Crippen molar-refractivity contribution in [3.63, 3.8) is 0 Å². The fourth-order valence-corrected chi connectivity index (χ4v) is 2.53. The van der Waals surface area contributed by atoms with E-state index in [4.69, 9.17) is 15.5 Å². The highest BCUT2D eigenvalue weighted by atomic mass is 16.5. The second-order valence-electron chi connectivity index (χ2n) is 4.89. The monoisotopic (exact) mass is 267 g/mol. The zero-order valence-corrected chi connectivity index (χ0v) is 11.8. The highest BCUT2D eigenvalue weighted by Crippen LogP contribution is 2.31. The van der Waals surface area contributed by atoms with Crippen molar-refractivity contribution in [2.45, 2.75) is 6.92 Å². The third kappa shape index (κ3) is 1.81. The molecule has 0 spiro atoms. The highest BCUT2D eigenvalue weighted by molar-refractivity contribution is 5.85. The molecule has 20 heavy (non-hydrogen) atoms.